The number of anilines is 1. The van der Waals surface area contributed by atoms with E-state index in [1.165, 1.54) is 23.4 Å². The van der Waals surface area contributed by atoms with Gasteiger partial charge < -0.3 is 9.80 Å². The molecular weight excluding hydrogens is 236 g/mol. The first-order chi connectivity index (χ1) is 9.11. The molecule has 1 unspecified atom stereocenters. The Morgan fingerprint density at radius 2 is 2.26 bits per heavy atom. The van der Waals surface area contributed by atoms with E-state index in [1.807, 2.05) is 6.92 Å². The number of rotatable bonds is 1. The standard InChI is InChI=1S/C16H22N2O/c1-4-16(19)18-14-6-5-11(2)9-12(14)13-10-17(3)8-7-15(13)18/h5-6,9,13,15H,4,7-8,10H2,1-3H3/p+1/t13-,15+/m0/s1. The predicted octanol–water partition coefficient (Wildman–Crippen LogP) is 1.12. The molecule has 0 aromatic heterocycles. The van der Waals surface area contributed by atoms with Gasteiger partial charge in [0.1, 0.15) is 0 Å². The molecule has 1 saturated heterocycles. The largest absolute Gasteiger partial charge is 0.337 e. The van der Waals surface area contributed by atoms with Crippen LogP contribution >= 0.6 is 0 Å². The summed E-state index contributed by atoms with van der Waals surface area (Å²) in [5.74, 6) is 0.802. The highest BCUT2D eigenvalue weighted by Crippen LogP contribution is 2.43. The summed E-state index contributed by atoms with van der Waals surface area (Å²) in [6, 6.07) is 6.95. The van der Waals surface area contributed by atoms with Crippen LogP contribution in [0.2, 0.25) is 0 Å². The van der Waals surface area contributed by atoms with Gasteiger partial charge >= 0.3 is 0 Å². The van der Waals surface area contributed by atoms with E-state index < -0.39 is 0 Å². The highest BCUT2D eigenvalue weighted by Gasteiger charge is 2.45. The second kappa shape index (κ2) is 4.64. The van der Waals surface area contributed by atoms with Crippen LogP contribution < -0.4 is 9.80 Å². The van der Waals surface area contributed by atoms with E-state index in [4.69, 9.17) is 0 Å². The lowest BCUT2D eigenvalue weighted by Crippen LogP contribution is -3.11. The van der Waals surface area contributed by atoms with E-state index >= 15 is 0 Å². The van der Waals surface area contributed by atoms with E-state index in [9.17, 15) is 4.79 Å². The fourth-order valence-electron chi connectivity index (χ4n) is 3.69. The molecule has 19 heavy (non-hydrogen) atoms. The van der Waals surface area contributed by atoms with E-state index in [1.54, 1.807) is 4.90 Å². The average Bonchev–Trinajstić information content (AvgIpc) is 2.71. The van der Waals surface area contributed by atoms with Crippen LogP contribution in [0.3, 0.4) is 0 Å². The SMILES string of the molecule is CCC(=O)N1c2ccc(C)cc2[C@@H]2C[NH+](C)CC[C@H]21. The Labute approximate surface area is 115 Å². The molecule has 1 aromatic carbocycles. The van der Waals surface area contributed by atoms with Crippen molar-refractivity contribution in [3.63, 3.8) is 0 Å². The van der Waals surface area contributed by atoms with Crippen LogP contribution in [0.15, 0.2) is 18.2 Å². The molecule has 2 aliphatic heterocycles. The Balaban J connectivity index is 2.06. The van der Waals surface area contributed by atoms with Crippen molar-refractivity contribution in [3.05, 3.63) is 29.3 Å². The number of nitrogens with zero attached hydrogens (tertiary/aromatic N) is 1. The van der Waals surface area contributed by atoms with E-state index in [-0.39, 0.29) is 5.91 Å². The lowest BCUT2D eigenvalue weighted by molar-refractivity contribution is -0.886. The number of fused-ring (bicyclic) bond motifs is 3. The van der Waals surface area contributed by atoms with Crippen molar-refractivity contribution in [1.82, 2.24) is 0 Å². The van der Waals surface area contributed by atoms with Gasteiger partial charge in [0.05, 0.1) is 32.1 Å². The number of nitrogens with one attached hydrogen (secondary N) is 1. The molecule has 3 rings (SSSR count). The minimum atomic E-state index is 0.275. The first kappa shape index (κ1) is 12.7. The Kier molecular flexibility index (Phi) is 3.09. The van der Waals surface area contributed by atoms with E-state index in [0.717, 1.165) is 13.0 Å². The highest BCUT2D eigenvalue weighted by atomic mass is 16.2. The minimum absolute atomic E-state index is 0.275. The lowest BCUT2D eigenvalue weighted by Gasteiger charge is -2.34. The van der Waals surface area contributed by atoms with Crippen molar-refractivity contribution in [3.8, 4) is 0 Å². The van der Waals surface area contributed by atoms with Crippen molar-refractivity contribution in [2.75, 3.05) is 25.0 Å². The van der Waals surface area contributed by atoms with Gasteiger partial charge in [-0.3, -0.25) is 4.79 Å². The smallest absolute Gasteiger partial charge is 0.226 e. The summed E-state index contributed by atoms with van der Waals surface area (Å²) >= 11 is 0. The van der Waals surface area contributed by atoms with Crippen LogP contribution in [0.1, 0.15) is 36.8 Å². The third kappa shape index (κ3) is 1.96. The number of likely N-dealkylation sites (tertiary alicyclic amines) is 1. The molecule has 3 heteroatoms. The fraction of sp³-hybridized carbons (Fsp3) is 0.562. The Bertz CT molecular complexity index is 511. The van der Waals surface area contributed by atoms with Crippen molar-refractivity contribution in [2.24, 2.45) is 0 Å². The van der Waals surface area contributed by atoms with Crippen LogP contribution in [-0.4, -0.2) is 32.1 Å². The van der Waals surface area contributed by atoms with Crippen molar-refractivity contribution >= 4 is 11.6 Å². The van der Waals surface area contributed by atoms with Gasteiger partial charge in [-0.2, -0.15) is 0 Å². The monoisotopic (exact) mass is 259 g/mol. The summed E-state index contributed by atoms with van der Waals surface area (Å²) in [5.41, 5.74) is 3.86. The van der Waals surface area contributed by atoms with Gasteiger partial charge in [-0.05, 0) is 18.6 Å². The molecule has 0 saturated carbocycles. The molecule has 1 amide bonds. The van der Waals surface area contributed by atoms with Gasteiger partial charge in [0.15, 0.2) is 0 Å². The Morgan fingerprint density at radius 1 is 1.47 bits per heavy atom. The number of carbonyl (C=O) groups excluding carboxylic acids is 1. The number of piperidine rings is 1. The molecule has 0 spiro atoms. The number of carbonyl (C=O) groups is 1. The highest BCUT2D eigenvalue weighted by molar-refractivity contribution is 5.96. The molecule has 3 nitrogen and oxygen atoms in total. The molecule has 0 bridgehead atoms. The van der Waals surface area contributed by atoms with E-state index in [2.05, 4.69) is 37.1 Å². The number of hydrogen-bond donors (Lipinski definition) is 1. The first-order valence-electron chi connectivity index (χ1n) is 7.35. The molecule has 3 atom stereocenters. The average molecular weight is 259 g/mol. The molecular formula is C16H23N2O+. The third-order valence-corrected chi connectivity index (χ3v) is 4.64. The maximum Gasteiger partial charge on any atom is 0.226 e. The minimum Gasteiger partial charge on any atom is -0.337 e. The second-order valence-electron chi connectivity index (χ2n) is 6.05. The van der Waals surface area contributed by atoms with Gasteiger partial charge in [-0.1, -0.05) is 24.6 Å². The van der Waals surface area contributed by atoms with Crippen LogP contribution in [0, 0.1) is 6.92 Å². The number of hydrogen-bond acceptors (Lipinski definition) is 1. The molecule has 1 fully saturated rings. The fourth-order valence-corrected chi connectivity index (χ4v) is 3.69. The molecule has 2 aliphatic rings. The number of benzene rings is 1. The molecule has 0 aliphatic carbocycles. The van der Waals surface area contributed by atoms with Crippen LogP contribution in [0.5, 0.6) is 0 Å². The number of aryl methyl sites for hydroxylation is 1. The van der Waals surface area contributed by atoms with Crippen molar-refractivity contribution < 1.29 is 9.69 Å². The van der Waals surface area contributed by atoms with Crippen LogP contribution in [0.25, 0.3) is 0 Å². The quantitative estimate of drug-likeness (QED) is 0.803. The van der Waals surface area contributed by atoms with Gasteiger partial charge in [0.25, 0.3) is 0 Å². The topological polar surface area (TPSA) is 24.8 Å². The Morgan fingerprint density at radius 3 is 3.00 bits per heavy atom. The number of amides is 1. The number of quaternary nitrogens is 1. The maximum absolute atomic E-state index is 12.3. The third-order valence-electron chi connectivity index (χ3n) is 4.64. The summed E-state index contributed by atoms with van der Waals surface area (Å²) in [4.78, 5) is 16.0. The summed E-state index contributed by atoms with van der Waals surface area (Å²) in [6.07, 6.45) is 1.72. The van der Waals surface area contributed by atoms with Gasteiger partial charge in [0, 0.05) is 18.5 Å². The summed E-state index contributed by atoms with van der Waals surface area (Å²) in [6.45, 7) is 6.42. The summed E-state index contributed by atoms with van der Waals surface area (Å²) in [7, 11) is 2.26. The first-order valence-corrected chi connectivity index (χ1v) is 7.35. The van der Waals surface area contributed by atoms with Crippen LogP contribution in [0.4, 0.5) is 5.69 Å². The van der Waals surface area contributed by atoms with Gasteiger partial charge in [0.2, 0.25) is 5.91 Å². The van der Waals surface area contributed by atoms with Gasteiger partial charge in [-0.15, -0.1) is 0 Å². The maximum atomic E-state index is 12.3. The zero-order chi connectivity index (χ0) is 13.6. The van der Waals surface area contributed by atoms with Gasteiger partial charge in [-0.25, -0.2) is 0 Å². The van der Waals surface area contributed by atoms with Crippen molar-refractivity contribution in [1.29, 1.82) is 0 Å². The van der Waals surface area contributed by atoms with Crippen LogP contribution in [-0.2, 0) is 4.79 Å². The molecule has 1 N–H and O–H groups in total. The molecule has 2 heterocycles. The Hall–Kier alpha value is -1.35. The zero-order valence-electron chi connectivity index (χ0n) is 12.1. The summed E-state index contributed by atoms with van der Waals surface area (Å²) in [5, 5.41) is 0. The zero-order valence-corrected chi connectivity index (χ0v) is 12.1. The molecule has 0 radical (unpaired) electrons. The second-order valence-corrected chi connectivity index (χ2v) is 6.05. The summed E-state index contributed by atoms with van der Waals surface area (Å²) < 4.78 is 0. The van der Waals surface area contributed by atoms with Crippen molar-refractivity contribution in [2.45, 2.75) is 38.6 Å². The number of likely N-dealkylation sites (N-methyl/N-ethyl adjacent to an activating group) is 1. The lowest BCUT2D eigenvalue weighted by atomic mass is 9.89. The molecule has 1 aromatic rings. The normalized spacial score (nSPS) is 29.0. The van der Waals surface area contributed by atoms with E-state index in [0.29, 0.717) is 18.4 Å². The predicted molar refractivity (Wildman–Crippen MR) is 76.7 cm³/mol. The molecule has 102 valence electrons.